The first-order chi connectivity index (χ1) is 13.9. The summed E-state index contributed by atoms with van der Waals surface area (Å²) in [6.45, 7) is 9.88. The van der Waals surface area contributed by atoms with E-state index in [0.717, 1.165) is 18.2 Å². The largest absolute Gasteiger partial charge is 0.462 e. The quantitative estimate of drug-likeness (QED) is 0.274. The zero-order valence-corrected chi connectivity index (χ0v) is 16.1. The van der Waals surface area contributed by atoms with Crippen LogP contribution >= 0.6 is 0 Å². The molecule has 0 aromatic rings. The molecule has 0 N–H and O–H groups in total. The number of nitrogens with zero attached hydrogens (tertiary/aromatic N) is 1. The molecule has 0 saturated carbocycles. The molecule has 0 unspecified atom stereocenters. The summed E-state index contributed by atoms with van der Waals surface area (Å²) in [6, 6.07) is 0. The predicted octanol–water partition coefficient (Wildman–Crippen LogP) is 0.629. The molecule has 0 aromatic carbocycles. The van der Waals surface area contributed by atoms with Crippen molar-refractivity contribution in [1.82, 2.24) is 4.90 Å². The third-order valence-electron chi connectivity index (χ3n) is 3.83. The van der Waals surface area contributed by atoms with Gasteiger partial charge in [-0.05, 0) is 0 Å². The fourth-order valence-electron chi connectivity index (χ4n) is 2.15. The zero-order chi connectivity index (χ0) is 21.7. The third-order valence-corrected chi connectivity index (χ3v) is 3.83. The molecule has 10 nitrogen and oxygen atoms in total. The number of carbonyl (C=O) groups excluding carboxylic acids is 4. The van der Waals surface area contributed by atoms with E-state index < -0.39 is 29.4 Å². The van der Waals surface area contributed by atoms with Gasteiger partial charge in [0.25, 0.3) is 0 Å². The van der Waals surface area contributed by atoms with E-state index in [0.29, 0.717) is 26.3 Å². The highest BCUT2D eigenvalue weighted by Crippen LogP contribution is 2.22. The molecule has 1 aliphatic heterocycles. The normalized spacial score (nSPS) is 13.6. The highest BCUT2D eigenvalue weighted by molar-refractivity contribution is 5.82. The van der Waals surface area contributed by atoms with Crippen molar-refractivity contribution in [1.29, 1.82) is 0 Å². The first kappa shape index (κ1) is 23.9. The SMILES string of the molecule is C=CC(=O)OCC(COC(=O)C=C)(COC(=O)C=C)COC(=O)N1CCOCC1. The maximum absolute atomic E-state index is 12.3. The molecular formula is C19H25NO9. The number of ether oxygens (including phenoxy) is 5. The Morgan fingerprint density at radius 3 is 1.52 bits per heavy atom. The van der Waals surface area contributed by atoms with E-state index in [1.807, 2.05) is 0 Å². The summed E-state index contributed by atoms with van der Waals surface area (Å²) in [5.41, 5.74) is -1.35. The lowest BCUT2D eigenvalue weighted by molar-refractivity contribution is -0.159. The minimum absolute atomic E-state index is 0.355. The van der Waals surface area contributed by atoms with Crippen LogP contribution in [0.2, 0.25) is 0 Å². The van der Waals surface area contributed by atoms with Gasteiger partial charge in [-0.3, -0.25) is 0 Å². The van der Waals surface area contributed by atoms with Crippen LogP contribution in [0.3, 0.4) is 0 Å². The minimum Gasteiger partial charge on any atom is -0.462 e. The van der Waals surface area contributed by atoms with E-state index >= 15 is 0 Å². The van der Waals surface area contributed by atoms with Gasteiger partial charge in [0, 0.05) is 31.3 Å². The lowest BCUT2D eigenvalue weighted by Gasteiger charge is -2.33. The molecule has 1 saturated heterocycles. The lowest BCUT2D eigenvalue weighted by atomic mass is 9.92. The van der Waals surface area contributed by atoms with Gasteiger partial charge in [-0.15, -0.1) is 0 Å². The van der Waals surface area contributed by atoms with Crippen molar-refractivity contribution in [2.45, 2.75) is 0 Å². The van der Waals surface area contributed by atoms with Crippen LogP contribution in [0.1, 0.15) is 0 Å². The van der Waals surface area contributed by atoms with Gasteiger partial charge in [0.15, 0.2) is 0 Å². The van der Waals surface area contributed by atoms with Crippen molar-refractivity contribution in [2.75, 3.05) is 52.7 Å². The van der Waals surface area contributed by atoms with Crippen molar-refractivity contribution < 1.29 is 42.9 Å². The lowest BCUT2D eigenvalue weighted by Crippen LogP contribution is -2.46. The molecule has 0 radical (unpaired) electrons. The summed E-state index contributed by atoms with van der Waals surface area (Å²) in [7, 11) is 0. The molecule has 0 aromatic heterocycles. The van der Waals surface area contributed by atoms with E-state index in [-0.39, 0.29) is 26.4 Å². The molecule has 1 heterocycles. The molecule has 1 rings (SSSR count). The Morgan fingerprint density at radius 1 is 0.759 bits per heavy atom. The average molecular weight is 411 g/mol. The first-order valence-corrected chi connectivity index (χ1v) is 8.73. The standard InChI is InChI=1S/C19H25NO9/c1-4-15(21)26-11-19(12-27-16(22)5-2,13-28-17(23)6-3)14-29-18(24)20-7-9-25-10-8-20/h4-6H,1-3,7-14H2. The number of carbonyl (C=O) groups is 4. The summed E-state index contributed by atoms with van der Waals surface area (Å²) < 4.78 is 25.7. The van der Waals surface area contributed by atoms with Crippen molar-refractivity contribution in [3.63, 3.8) is 0 Å². The van der Waals surface area contributed by atoms with Crippen LogP contribution in [0.5, 0.6) is 0 Å². The van der Waals surface area contributed by atoms with Crippen molar-refractivity contribution in [2.24, 2.45) is 5.41 Å². The monoisotopic (exact) mass is 411 g/mol. The smallest absolute Gasteiger partial charge is 0.409 e. The Morgan fingerprint density at radius 2 is 1.14 bits per heavy atom. The molecule has 10 heteroatoms. The van der Waals surface area contributed by atoms with Crippen molar-refractivity contribution in [3.8, 4) is 0 Å². The Kier molecular flexibility index (Phi) is 10.2. The van der Waals surface area contributed by atoms with Crippen LogP contribution in [-0.2, 0) is 38.1 Å². The molecule has 0 atom stereocenters. The van der Waals surface area contributed by atoms with Gasteiger partial charge in [0.05, 0.1) is 13.2 Å². The maximum Gasteiger partial charge on any atom is 0.409 e. The number of esters is 3. The van der Waals surface area contributed by atoms with Crippen LogP contribution < -0.4 is 0 Å². The molecule has 1 aliphatic rings. The summed E-state index contributed by atoms with van der Waals surface area (Å²) in [5, 5.41) is 0. The number of amides is 1. The third kappa shape index (κ3) is 8.60. The summed E-state index contributed by atoms with van der Waals surface area (Å²) in [6.07, 6.45) is 2.19. The predicted molar refractivity (Wildman–Crippen MR) is 99.6 cm³/mol. The van der Waals surface area contributed by atoms with E-state index in [2.05, 4.69) is 19.7 Å². The van der Waals surface area contributed by atoms with Crippen LogP contribution in [0.25, 0.3) is 0 Å². The molecule has 160 valence electrons. The average Bonchev–Trinajstić information content (AvgIpc) is 2.77. The summed E-state index contributed by atoms with van der Waals surface area (Å²) >= 11 is 0. The molecule has 29 heavy (non-hydrogen) atoms. The highest BCUT2D eigenvalue weighted by Gasteiger charge is 2.38. The van der Waals surface area contributed by atoms with Crippen LogP contribution in [0.4, 0.5) is 4.79 Å². The van der Waals surface area contributed by atoms with Crippen LogP contribution in [0, 0.1) is 5.41 Å². The van der Waals surface area contributed by atoms with Crippen molar-refractivity contribution in [3.05, 3.63) is 38.0 Å². The fraction of sp³-hybridized carbons (Fsp3) is 0.474. The second-order valence-corrected chi connectivity index (χ2v) is 6.09. The minimum atomic E-state index is -1.35. The van der Waals surface area contributed by atoms with E-state index in [4.69, 9.17) is 23.7 Å². The molecule has 0 spiro atoms. The van der Waals surface area contributed by atoms with Gasteiger partial charge in [0.1, 0.15) is 31.8 Å². The Hall–Kier alpha value is -3.14. The van der Waals surface area contributed by atoms with Crippen LogP contribution in [-0.4, -0.2) is 81.6 Å². The molecule has 0 bridgehead atoms. The first-order valence-electron chi connectivity index (χ1n) is 8.73. The maximum atomic E-state index is 12.3. The molecular weight excluding hydrogens is 386 g/mol. The second kappa shape index (κ2) is 12.3. The van der Waals surface area contributed by atoms with Gasteiger partial charge in [-0.1, -0.05) is 19.7 Å². The van der Waals surface area contributed by atoms with Gasteiger partial charge < -0.3 is 28.6 Å². The Labute approximate surface area is 168 Å². The van der Waals surface area contributed by atoms with E-state index in [9.17, 15) is 19.2 Å². The van der Waals surface area contributed by atoms with Gasteiger partial charge in [-0.2, -0.15) is 0 Å². The topological polar surface area (TPSA) is 118 Å². The summed E-state index contributed by atoms with van der Waals surface area (Å²) in [4.78, 5) is 48.3. The number of morpholine rings is 1. The Bertz CT molecular complexity index is 578. The molecule has 1 fully saturated rings. The second-order valence-electron chi connectivity index (χ2n) is 6.09. The van der Waals surface area contributed by atoms with Gasteiger partial charge in [0.2, 0.25) is 0 Å². The number of hydrogen-bond acceptors (Lipinski definition) is 9. The Balaban J connectivity index is 2.94. The van der Waals surface area contributed by atoms with Crippen LogP contribution in [0.15, 0.2) is 38.0 Å². The highest BCUT2D eigenvalue weighted by atomic mass is 16.6. The van der Waals surface area contributed by atoms with E-state index in [1.54, 1.807) is 0 Å². The number of hydrogen-bond donors (Lipinski definition) is 0. The fourth-order valence-corrected chi connectivity index (χ4v) is 2.15. The van der Waals surface area contributed by atoms with E-state index in [1.165, 1.54) is 4.90 Å². The molecule has 1 amide bonds. The zero-order valence-electron chi connectivity index (χ0n) is 16.1. The molecule has 0 aliphatic carbocycles. The van der Waals surface area contributed by atoms with Gasteiger partial charge >= 0.3 is 24.0 Å². The van der Waals surface area contributed by atoms with Crippen molar-refractivity contribution >= 4 is 24.0 Å². The number of rotatable bonds is 11. The van der Waals surface area contributed by atoms with Gasteiger partial charge in [-0.25, -0.2) is 19.2 Å². The summed E-state index contributed by atoms with van der Waals surface area (Å²) in [5.74, 6) is -2.25.